The first-order valence-electron chi connectivity index (χ1n) is 9.05. The molecule has 1 heterocycles. The molecule has 0 radical (unpaired) electrons. The largest absolute Gasteiger partial charge is 0.490 e. The number of nitrogens with zero attached hydrogens (tertiary/aromatic N) is 2. The molecule has 148 valence electrons. The summed E-state index contributed by atoms with van der Waals surface area (Å²) in [6.07, 6.45) is 3.03. The number of hydrogen-bond donors (Lipinski definition) is 1. The first-order valence-corrected chi connectivity index (χ1v) is 9.42. The number of carbonyl (C=O) groups excluding carboxylic acids is 1. The molecule has 3 aromatic rings. The number of nitrogens with one attached hydrogen (secondary N) is 1. The first kappa shape index (κ1) is 20.4. The van der Waals surface area contributed by atoms with Crippen LogP contribution in [0.4, 0.5) is 0 Å². The Balaban J connectivity index is 1.66. The fourth-order valence-corrected chi connectivity index (χ4v) is 2.71. The van der Waals surface area contributed by atoms with Crippen molar-refractivity contribution in [3.63, 3.8) is 0 Å². The van der Waals surface area contributed by atoms with Crippen LogP contribution < -0.4 is 14.9 Å². The monoisotopic (exact) mass is 409 g/mol. The number of ether oxygens (including phenoxy) is 2. The van der Waals surface area contributed by atoms with Crippen molar-refractivity contribution in [1.29, 1.82) is 0 Å². The number of aromatic nitrogens is 1. The number of hydrogen-bond acceptors (Lipinski definition) is 5. The van der Waals surface area contributed by atoms with Gasteiger partial charge < -0.3 is 9.47 Å². The molecule has 0 bridgehead atoms. The average Bonchev–Trinajstić information content (AvgIpc) is 2.74. The van der Waals surface area contributed by atoms with Gasteiger partial charge in [0.25, 0.3) is 5.91 Å². The predicted octanol–water partition coefficient (Wildman–Crippen LogP) is 4.48. The van der Waals surface area contributed by atoms with E-state index in [0.29, 0.717) is 24.7 Å². The van der Waals surface area contributed by atoms with E-state index in [2.05, 4.69) is 15.5 Å². The van der Waals surface area contributed by atoms with Gasteiger partial charge in [-0.3, -0.25) is 4.79 Å². The van der Waals surface area contributed by atoms with Crippen molar-refractivity contribution >= 4 is 23.7 Å². The second-order valence-corrected chi connectivity index (χ2v) is 6.31. The minimum absolute atomic E-state index is 0.124. The first-order chi connectivity index (χ1) is 14.2. The van der Waals surface area contributed by atoms with Gasteiger partial charge in [-0.1, -0.05) is 41.9 Å². The van der Waals surface area contributed by atoms with Crippen molar-refractivity contribution in [2.24, 2.45) is 5.10 Å². The van der Waals surface area contributed by atoms with E-state index < -0.39 is 5.91 Å². The van der Waals surface area contributed by atoms with Crippen LogP contribution in [0.15, 0.2) is 72.0 Å². The molecule has 0 fully saturated rings. The second kappa shape index (κ2) is 10.2. The fourth-order valence-electron chi connectivity index (χ4n) is 2.51. The molecule has 1 N–H and O–H groups in total. The van der Waals surface area contributed by atoms with Crippen LogP contribution in [-0.2, 0) is 6.61 Å². The van der Waals surface area contributed by atoms with E-state index in [4.69, 9.17) is 21.1 Å². The van der Waals surface area contributed by atoms with Crippen molar-refractivity contribution in [3.8, 4) is 11.5 Å². The van der Waals surface area contributed by atoms with Gasteiger partial charge in [0.2, 0.25) is 0 Å². The van der Waals surface area contributed by atoms with Crippen LogP contribution in [0.2, 0.25) is 5.15 Å². The zero-order valence-corrected chi connectivity index (χ0v) is 16.6. The SMILES string of the molecule is CCOc1cc(C=NNC(=O)c2cccnc2Cl)ccc1OCc1ccccc1. The Kier molecular flexibility index (Phi) is 7.19. The topological polar surface area (TPSA) is 72.8 Å². The summed E-state index contributed by atoms with van der Waals surface area (Å²) in [6.45, 7) is 2.84. The van der Waals surface area contributed by atoms with Gasteiger partial charge in [-0.15, -0.1) is 0 Å². The van der Waals surface area contributed by atoms with E-state index >= 15 is 0 Å². The number of amides is 1. The van der Waals surface area contributed by atoms with Crippen LogP contribution in [0.5, 0.6) is 11.5 Å². The third kappa shape index (κ3) is 5.80. The van der Waals surface area contributed by atoms with Crippen LogP contribution in [0.1, 0.15) is 28.4 Å². The summed E-state index contributed by atoms with van der Waals surface area (Å²) in [5.41, 5.74) is 4.51. The smallest absolute Gasteiger partial charge is 0.274 e. The summed E-state index contributed by atoms with van der Waals surface area (Å²) in [5.74, 6) is 0.806. The standard InChI is InChI=1S/C22H20ClN3O3/c1-2-28-20-13-17(10-11-19(20)29-15-16-7-4-3-5-8-16)14-25-26-22(27)18-9-6-12-24-21(18)23/h3-14H,2,15H2,1H3,(H,26,27). The lowest BCUT2D eigenvalue weighted by atomic mass is 10.2. The number of hydrazone groups is 1. The molecule has 29 heavy (non-hydrogen) atoms. The third-order valence-corrected chi connectivity index (χ3v) is 4.19. The van der Waals surface area contributed by atoms with Crippen molar-refractivity contribution < 1.29 is 14.3 Å². The van der Waals surface area contributed by atoms with Crippen LogP contribution in [-0.4, -0.2) is 23.7 Å². The Morgan fingerprint density at radius 3 is 2.69 bits per heavy atom. The van der Waals surface area contributed by atoms with Gasteiger partial charge in [0.15, 0.2) is 11.5 Å². The Labute approximate surface area is 174 Å². The highest BCUT2D eigenvalue weighted by molar-refractivity contribution is 6.32. The molecular formula is C22H20ClN3O3. The highest BCUT2D eigenvalue weighted by atomic mass is 35.5. The molecule has 7 heteroatoms. The molecule has 6 nitrogen and oxygen atoms in total. The minimum Gasteiger partial charge on any atom is -0.490 e. The Morgan fingerprint density at radius 2 is 1.93 bits per heavy atom. The zero-order valence-electron chi connectivity index (χ0n) is 15.8. The fraction of sp³-hybridized carbons (Fsp3) is 0.136. The van der Waals surface area contributed by atoms with Crippen molar-refractivity contribution in [3.05, 3.63) is 88.7 Å². The summed E-state index contributed by atoms with van der Waals surface area (Å²) in [4.78, 5) is 16.0. The molecule has 0 aliphatic heterocycles. The lowest BCUT2D eigenvalue weighted by molar-refractivity contribution is 0.0955. The van der Waals surface area contributed by atoms with Crippen LogP contribution in [0.3, 0.4) is 0 Å². The maximum absolute atomic E-state index is 12.1. The van der Waals surface area contributed by atoms with Gasteiger partial charge in [-0.05, 0) is 48.4 Å². The molecule has 0 saturated carbocycles. The molecule has 3 rings (SSSR count). The number of halogens is 1. The van der Waals surface area contributed by atoms with Gasteiger partial charge in [0, 0.05) is 6.20 Å². The molecule has 1 aromatic heterocycles. The van der Waals surface area contributed by atoms with Gasteiger partial charge in [0.1, 0.15) is 11.8 Å². The van der Waals surface area contributed by atoms with E-state index in [9.17, 15) is 4.79 Å². The molecular weight excluding hydrogens is 390 g/mol. The van der Waals surface area contributed by atoms with Crippen molar-refractivity contribution in [2.75, 3.05) is 6.61 Å². The zero-order chi connectivity index (χ0) is 20.5. The van der Waals surface area contributed by atoms with Gasteiger partial charge in [0.05, 0.1) is 18.4 Å². The quantitative estimate of drug-likeness (QED) is 0.338. The number of pyridine rings is 1. The Morgan fingerprint density at radius 1 is 1.10 bits per heavy atom. The number of carbonyl (C=O) groups is 1. The summed E-state index contributed by atoms with van der Waals surface area (Å²) in [7, 11) is 0. The summed E-state index contributed by atoms with van der Waals surface area (Å²) in [6, 6.07) is 18.5. The molecule has 0 aliphatic carbocycles. The Bertz CT molecular complexity index is 994. The number of benzene rings is 2. The lowest BCUT2D eigenvalue weighted by Crippen LogP contribution is -2.18. The second-order valence-electron chi connectivity index (χ2n) is 5.95. The average molecular weight is 410 g/mol. The molecule has 0 saturated heterocycles. The van der Waals surface area contributed by atoms with Crippen molar-refractivity contribution in [1.82, 2.24) is 10.4 Å². The maximum Gasteiger partial charge on any atom is 0.274 e. The van der Waals surface area contributed by atoms with E-state index in [1.807, 2.05) is 49.4 Å². The molecule has 0 atom stereocenters. The Hall–Kier alpha value is -3.38. The summed E-state index contributed by atoms with van der Waals surface area (Å²) in [5, 5.41) is 4.10. The van der Waals surface area contributed by atoms with Crippen LogP contribution in [0.25, 0.3) is 0 Å². The van der Waals surface area contributed by atoms with Crippen molar-refractivity contribution in [2.45, 2.75) is 13.5 Å². The van der Waals surface area contributed by atoms with Gasteiger partial charge in [-0.25, -0.2) is 10.4 Å². The molecule has 1 amide bonds. The van der Waals surface area contributed by atoms with E-state index in [-0.39, 0.29) is 10.7 Å². The molecule has 0 aliphatic rings. The number of rotatable bonds is 8. The minimum atomic E-state index is -0.438. The van der Waals surface area contributed by atoms with E-state index in [0.717, 1.165) is 11.1 Å². The molecule has 0 spiro atoms. The normalized spacial score (nSPS) is 10.7. The third-order valence-electron chi connectivity index (χ3n) is 3.89. The highest BCUT2D eigenvalue weighted by Gasteiger charge is 2.10. The van der Waals surface area contributed by atoms with Crippen LogP contribution in [0, 0.1) is 0 Å². The predicted molar refractivity (Wildman–Crippen MR) is 113 cm³/mol. The van der Waals surface area contributed by atoms with Crippen LogP contribution >= 0.6 is 11.6 Å². The summed E-state index contributed by atoms with van der Waals surface area (Å²) >= 11 is 5.91. The molecule has 2 aromatic carbocycles. The van der Waals surface area contributed by atoms with E-state index in [1.54, 1.807) is 18.2 Å². The van der Waals surface area contributed by atoms with Gasteiger partial charge in [-0.2, -0.15) is 5.10 Å². The summed E-state index contributed by atoms with van der Waals surface area (Å²) < 4.78 is 11.6. The van der Waals surface area contributed by atoms with E-state index in [1.165, 1.54) is 12.4 Å². The lowest BCUT2D eigenvalue weighted by Gasteiger charge is -2.12. The highest BCUT2D eigenvalue weighted by Crippen LogP contribution is 2.28. The van der Waals surface area contributed by atoms with Gasteiger partial charge >= 0.3 is 0 Å². The molecule has 0 unspecified atom stereocenters. The maximum atomic E-state index is 12.1.